The number of cyclic esters (lactones) is 1. The molecule has 6 heteroatoms. The lowest BCUT2D eigenvalue weighted by molar-refractivity contribution is -0.209. The van der Waals surface area contributed by atoms with Crippen molar-refractivity contribution in [3.63, 3.8) is 0 Å². The van der Waals surface area contributed by atoms with Gasteiger partial charge in [-0.25, -0.2) is 9.18 Å². The Hall–Kier alpha value is -1.43. The van der Waals surface area contributed by atoms with E-state index >= 15 is 0 Å². The van der Waals surface area contributed by atoms with Crippen molar-refractivity contribution in [2.45, 2.75) is 70.9 Å². The van der Waals surface area contributed by atoms with Crippen molar-refractivity contribution in [2.24, 2.45) is 0 Å². The van der Waals surface area contributed by atoms with Gasteiger partial charge in [0.05, 0.1) is 11.2 Å². The van der Waals surface area contributed by atoms with E-state index in [1.807, 2.05) is 0 Å². The maximum atomic E-state index is 14.0. The smallest absolute Gasteiger partial charge is 0.340 e. The minimum atomic E-state index is -1.96. The van der Waals surface area contributed by atoms with E-state index in [1.54, 1.807) is 27.7 Å². The molecular formula is C16H25FO5. The number of methoxy groups -OCH3 is 1. The molecule has 0 aromatic carbocycles. The number of hydrogen-bond acceptors (Lipinski definition) is 5. The molecular weight excluding hydrogens is 291 g/mol. The molecule has 0 aliphatic carbocycles. The quantitative estimate of drug-likeness (QED) is 0.533. The number of carbonyl (C=O) groups is 2. The van der Waals surface area contributed by atoms with Crippen LogP contribution in [-0.4, -0.2) is 36.4 Å². The summed E-state index contributed by atoms with van der Waals surface area (Å²) in [4.78, 5) is 22.6. The Balaban J connectivity index is 2.83. The van der Waals surface area contributed by atoms with Crippen LogP contribution < -0.4 is 0 Å². The average Bonchev–Trinajstić information content (AvgIpc) is 2.40. The third-order valence-corrected chi connectivity index (χ3v) is 3.77. The molecule has 0 aromatic rings. The fraction of sp³-hybridized carbons (Fsp3) is 0.750. The Morgan fingerprint density at radius 1 is 1.32 bits per heavy atom. The summed E-state index contributed by atoms with van der Waals surface area (Å²) in [5, 5.41) is 0. The summed E-state index contributed by atoms with van der Waals surface area (Å²) in [6, 6.07) is 0. The number of rotatable bonds is 7. The van der Waals surface area contributed by atoms with Gasteiger partial charge in [-0.2, -0.15) is 0 Å². The predicted octanol–water partition coefficient (Wildman–Crippen LogP) is 3.07. The van der Waals surface area contributed by atoms with Gasteiger partial charge >= 0.3 is 5.97 Å². The molecule has 0 amide bonds. The fourth-order valence-corrected chi connectivity index (χ4v) is 2.46. The molecule has 1 rings (SSSR count). The van der Waals surface area contributed by atoms with Gasteiger partial charge in [-0.1, -0.05) is 0 Å². The minimum absolute atomic E-state index is 0.0693. The van der Waals surface area contributed by atoms with Crippen LogP contribution in [0.4, 0.5) is 4.39 Å². The summed E-state index contributed by atoms with van der Waals surface area (Å²) < 4.78 is 30.1. The van der Waals surface area contributed by atoms with Crippen LogP contribution in [0.25, 0.3) is 0 Å². The Labute approximate surface area is 130 Å². The van der Waals surface area contributed by atoms with Crippen LogP contribution >= 0.6 is 0 Å². The third-order valence-electron chi connectivity index (χ3n) is 3.77. The molecule has 0 bridgehead atoms. The highest BCUT2D eigenvalue weighted by Gasteiger charge is 2.38. The maximum Gasteiger partial charge on any atom is 0.340 e. The first kappa shape index (κ1) is 18.6. The van der Waals surface area contributed by atoms with Crippen molar-refractivity contribution in [2.75, 3.05) is 7.11 Å². The Bertz CT molecular complexity index is 481. The van der Waals surface area contributed by atoms with Gasteiger partial charge in [0.2, 0.25) is 5.79 Å². The van der Waals surface area contributed by atoms with Crippen molar-refractivity contribution in [1.82, 2.24) is 0 Å². The lowest BCUT2D eigenvalue weighted by Gasteiger charge is -2.35. The molecule has 0 fully saturated rings. The third kappa shape index (κ3) is 4.80. The SMILES string of the molecule is CO[C@@](C)(CCC1=C(C)C(=O)OC(C)(C)O1)CC(C)(F)C=O. The summed E-state index contributed by atoms with van der Waals surface area (Å²) in [7, 11) is 1.47. The second kappa shape index (κ2) is 6.36. The van der Waals surface area contributed by atoms with E-state index in [1.165, 1.54) is 14.0 Å². The van der Waals surface area contributed by atoms with E-state index in [2.05, 4.69) is 0 Å². The van der Waals surface area contributed by atoms with E-state index in [0.29, 0.717) is 24.2 Å². The number of hydrogen-bond donors (Lipinski definition) is 0. The second-order valence-electron chi connectivity index (χ2n) is 6.67. The molecule has 2 atom stereocenters. The summed E-state index contributed by atoms with van der Waals surface area (Å²) in [5.41, 5.74) is -2.40. The van der Waals surface area contributed by atoms with Crippen LogP contribution in [-0.2, 0) is 23.8 Å². The van der Waals surface area contributed by atoms with Crippen LogP contribution in [0.2, 0.25) is 0 Å². The van der Waals surface area contributed by atoms with Gasteiger partial charge in [0.1, 0.15) is 5.76 Å². The molecule has 1 unspecified atom stereocenters. The zero-order valence-corrected chi connectivity index (χ0v) is 14.1. The molecule has 5 nitrogen and oxygen atoms in total. The first-order valence-electron chi connectivity index (χ1n) is 7.26. The average molecular weight is 316 g/mol. The van der Waals surface area contributed by atoms with Crippen LogP contribution in [0.1, 0.15) is 53.9 Å². The number of alkyl halides is 1. The van der Waals surface area contributed by atoms with Crippen molar-refractivity contribution in [3.8, 4) is 0 Å². The van der Waals surface area contributed by atoms with Gasteiger partial charge in [-0.3, -0.25) is 4.79 Å². The maximum absolute atomic E-state index is 14.0. The fourth-order valence-electron chi connectivity index (χ4n) is 2.46. The van der Waals surface area contributed by atoms with E-state index in [4.69, 9.17) is 14.2 Å². The topological polar surface area (TPSA) is 61.8 Å². The van der Waals surface area contributed by atoms with Crippen molar-refractivity contribution < 1.29 is 28.2 Å². The highest BCUT2D eigenvalue weighted by atomic mass is 19.1. The Morgan fingerprint density at radius 2 is 1.91 bits per heavy atom. The lowest BCUT2D eigenvalue weighted by Crippen LogP contribution is -2.39. The van der Waals surface area contributed by atoms with Crippen molar-refractivity contribution >= 4 is 12.3 Å². The Morgan fingerprint density at radius 3 is 2.41 bits per heavy atom. The van der Waals surface area contributed by atoms with E-state index in [0.717, 1.165) is 0 Å². The molecule has 126 valence electrons. The first-order chi connectivity index (χ1) is 9.94. The summed E-state index contributed by atoms with van der Waals surface area (Å²) in [6.07, 6.45) is 1.02. The number of aldehydes is 1. The molecule has 0 saturated heterocycles. The van der Waals surface area contributed by atoms with Gasteiger partial charge in [-0.05, 0) is 27.2 Å². The molecule has 1 heterocycles. The number of ether oxygens (including phenoxy) is 3. The van der Waals surface area contributed by atoms with Crippen molar-refractivity contribution in [1.29, 1.82) is 0 Å². The zero-order chi connectivity index (χ0) is 17.2. The number of esters is 1. The zero-order valence-electron chi connectivity index (χ0n) is 14.1. The van der Waals surface area contributed by atoms with Gasteiger partial charge in [0, 0.05) is 33.8 Å². The number of allylic oxidation sites excluding steroid dienone is 1. The van der Waals surface area contributed by atoms with Crippen LogP contribution in [0.5, 0.6) is 0 Å². The molecule has 0 aromatic heterocycles. The minimum Gasteiger partial charge on any atom is -0.457 e. The van der Waals surface area contributed by atoms with Gasteiger partial charge in [-0.15, -0.1) is 0 Å². The van der Waals surface area contributed by atoms with Crippen LogP contribution in [0.3, 0.4) is 0 Å². The molecule has 0 saturated carbocycles. The summed E-state index contributed by atoms with van der Waals surface area (Å²) in [5.74, 6) is -0.933. The van der Waals surface area contributed by atoms with Crippen molar-refractivity contribution in [3.05, 3.63) is 11.3 Å². The molecule has 1 aliphatic heterocycles. The monoisotopic (exact) mass is 316 g/mol. The van der Waals surface area contributed by atoms with Crippen LogP contribution in [0, 0.1) is 0 Å². The molecule has 1 aliphatic rings. The Kier molecular flexibility index (Phi) is 5.38. The first-order valence-corrected chi connectivity index (χ1v) is 7.26. The molecule has 0 radical (unpaired) electrons. The van der Waals surface area contributed by atoms with Crippen LogP contribution in [0.15, 0.2) is 11.3 Å². The second-order valence-corrected chi connectivity index (χ2v) is 6.67. The molecule has 0 N–H and O–H groups in total. The van der Waals surface area contributed by atoms with E-state index in [-0.39, 0.29) is 12.7 Å². The molecule has 0 spiro atoms. The van der Waals surface area contributed by atoms with E-state index in [9.17, 15) is 14.0 Å². The number of carbonyl (C=O) groups excluding carboxylic acids is 2. The molecule has 22 heavy (non-hydrogen) atoms. The van der Waals surface area contributed by atoms with Gasteiger partial charge in [0.15, 0.2) is 12.0 Å². The summed E-state index contributed by atoms with van der Waals surface area (Å²) >= 11 is 0. The largest absolute Gasteiger partial charge is 0.457 e. The highest BCUT2D eigenvalue weighted by molar-refractivity contribution is 5.89. The standard InChI is InChI=1S/C16H25FO5/c1-11-12(21-14(2,3)22-13(11)19)7-8-16(5,20-6)9-15(4,17)10-18/h10H,7-9H2,1-6H3/t15?,16-/m0/s1. The lowest BCUT2D eigenvalue weighted by atomic mass is 9.87. The summed E-state index contributed by atoms with van der Waals surface area (Å²) in [6.45, 7) is 7.88. The van der Waals surface area contributed by atoms with Gasteiger partial charge in [0.25, 0.3) is 0 Å². The highest BCUT2D eigenvalue weighted by Crippen LogP contribution is 2.34. The predicted molar refractivity (Wildman–Crippen MR) is 78.8 cm³/mol. The van der Waals surface area contributed by atoms with Gasteiger partial charge < -0.3 is 14.2 Å². The van der Waals surface area contributed by atoms with E-state index < -0.39 is 23.0 Å². The number of halogens is 1. The normalized spacial score (nSPS) is 23.1.